The molecule has 2 aliphatic rings. The maximum absolute atomic E-state index is 6.21. The van der Waals surface area contributed by atoms with Crippen LogP contribution in [0.15, 0.2) is 113 Å². The Morgan fingerprint density at radius 1 is 0.848 bits per heavy atom. The van der Waals surface area contributed by atoms with E-state index in [2.05, 4.69) is 118 Å². The van der Waals surface area contributed by atoms with Gasteiger partial charge in [0, 0.05) is 5.57 Å². The highest BCUT2D eigenvalue weighted by Crippen LogP contribution is 2.50. The molecule has 1 aliphatic carbocycles. The van der Waals surface area contributed by atoms with E-state index in [0.29, 0.717) is 6.61 Å². The highest BCUT2D eigenvalue weighted by Gasteiger charge is 2.34. The van der Waals surface area contributed by atoms with E-state index >= 15 is 0 Å². The van der Waals surface area contributed by atoms with Crippen molar-refractivity contribution in [3.8, 4) is 11.1 Å². The van der Waals surface area contributed by atoms with Crippen molar-refractivity contribution in [1.82, 2.24) is 0 Å². The zero-order valence-corrected chi connectivity index (χ0v) is 20.4. The van der Waals surface area contributed by atoms with Gasteiger partial charge in [0.2, 0.25) is 5.90 Å². The quantitative estimate of drug-likeness (QED) is 0.389. The summed E-state index contributed by atoms with van der Waals surface area (Å²) in [5.74, 6) is 0.843. The number of allylic oxidation sites excluding steroid dienone is 3. The molecule has 0 radical (unpaired) electrons. The number of hydrogen-bond donors (Lipinski definition) is 0. The van der Waals surface area contributed by atoms with E-state index in [1.165, 1.54) is 32.6 Å². The number of aliphatic imine (C=N–C) groups is 1. The Hall–Kier alpha value is -2.96. The number of nitrogens with zero attached hydrogens (tertiary/aromatic N) is 1. The number of benzene rings is 3. The Morgan fingerprint density at radius 3 is 2.21 bits per heavy atom. The van der Waals surface area contributed by atoms with Gasteiger partial charge in [-0.3, -0.25) is 0 Å². The summed E-state index contributed by atoms with van der Waals surface area (Å²) in [5.41, 5.74) is 3.89. The lowest BCUT2D eigenvalue weighted by Gasteiger charge is -2.24. The summed E-state index contributed by atoms with van der Waals surface area (Å²) >= 11 is 0. The van der Waals surface area contributed by atoms with Crippen molar-refractivity contribution in [3.63, 3.8) is 0 Å². The fourth-order valence-electron chi connectivity index (χ4n) is 4.40. The fourth-order valence-corrected chi connectivity index (χ4v) is 7.08. The second-order valence-corrected chi connectivity index (χ2v) is 11.8. The van der Waals surface area contributed by atoms with Gasteiger partial charge in [0.15, 0.2) is 0 Å². The van der Waals surface area contributed by atoms with Crippen molar-refractivity contribution in [2.75, 3.05) is 6.61 Å². The molecule has 0 N–H and O–H groups in total. The number of rotatable bonds is 5. The monoisotopic (exact) mass is 451 g/mol. The minimum absolute atomic E-state index is 0.0958. The molecule has 2 atom stereocenters. The van der Waals surface area contributed by atoms with Gasteiger partial charge in [-0.25, -0.2) is 4.99 Å². The first-order chi connectivity index (χ1) is 16.0. The van der Waals surface area contributed by atoms with Gasteiger partial charge in [-0.2, -0.15) is 0 Å². The van der Waals surface area contributed by atoms with E-state index in [1.807, 2.05) is 0 Å². The summed E-state index contributed by atoms with van der Waals surface area (Å²) in [7, 11) is -0.762. The Labute approximate surface area is 198 Å². The third kappa shape index (κ3) is 4.45. The maximum atomic E-state index is 6.21. The molecular weight excluding hydrogens is 421 g/mol. The van der Waals surface area contributed by atoms with E-state index in [-0.39, 0.29) is 11.5 Å². The van der Waals surface area contributed by atoms with Crippen LogP contribution in [0.4, 0.5) is 0 Å². The van der Waals surface area contributed by atoms with Crippen LogP contribution in [-0.2, 0) is 4.74 Å². The van der Waals surface area contributed by atoms with Crippen LogP contribution in [0.3, 0.4) is 0 Å². The molecule has 0 saturated carbocycles. The second-order valence-electron chi connectivity index (χ2n) is 9.65. The average molecular weight is 452 g/mol. The topological polar surface area (TPSA) is 21.6 Å². The Balaban J connectivity index is 1.67. The van der Waals surface area contributed by atoms with Gasteiger partial charge >= 0.3 is 0 Å². The summed E-state index contributed by atoms with van der Waals surface area (Å²) in [4.78, 5) is 5.05. The van der Waals surface area contributed by atoms with Crippen molar-refractivity contribution >= 4 is 24.4 Å². The smallest absolute Gasteiger partial charge is 0.213 e. The standard InChI is InChI=1S/C30H30NOP/c1-30(2,3)28-21-32-29(31-28)25-18-12-20-27(25)33(23-15-8-5-9-16-23)26-19-11-10-17-24(26)22-13-6-4-7-14-22/h4-17,19-20,28H,18,21H2,1-3H3/t28-,33?/m1/s1. The van der Waals surface area contributed by atoms with Gasteiger partial charge in [-0.1, -0.05) is 118 Å². The van der Waals surface area contributed by atoms with Gasteiger partial charge < -0.3 is 4.74 Å². The first kappa shape index (κ1) is 21.9. The highest BCUT2D eigenvalue weighted by atomic mass is 31.1. The van der Waals surface area contributed by atoms with Gasteiger partial charge in [0.05, 0.1) is 6.04 Å². The predicted molar refractivity (Wildman–Crippen MR) is 142 cm³/mol. The summed E-state index contributed by atoms with van der Waals surface area (Å²) in [5, 5.41) is 4.07. The van der Waals surface area contributed by atoms with Crippen LogP contribution in [0.2, 0.25) is 0 Å². The van der Waals surface area contributed by atoms with Crippen LogP contribution in [0.5, 0.6) is 0 Å². The molecule has 0 amide bonds. The SMILES string of the molecule is CC(C)(C)[C@H]1COC(C2=C(P(c3ccccc3)c3ccccc3-c3ccccc3)C=CC2)=N1. The third-order valence-corrected chi connectivity index (χ3v) is 8.89. The molecule has 0 fully saturated rings. The van der Waals surface area contributed by atoms with Crippen LogP contribution in [-0.4, -0.2) is 18.5 Å². The van der Waals surface area contributed by atoms with Gasteiger partial charge in [-0.15, -0.1) is 0 Å². The fraction of sp³-hybridized carbons (Fsp3) is 0.233. The summed E-state index contributed by atoms with van der Waals surface area (Å²) < 4.78 is 6.21. The van der Waals surface area contributed by atoms with Crippen LogP contribution in [0, 0.1) is 5.41 Å². The van der Waals surface area contributed by atoms with Crippen molar-refractivity contribution in [3.05, 3.63) is 108 Å². The molecule has 3 aromatic rings. The van der Waals surface area contributed by atoms with Crippen molar-refractivity contribution in [1.29, 1.82) is 0 Å². The van der Waals surface area contributed by atoms with Gasteiger partial charge in [0.25, 0.3) is 0 Å². The largest absolute Gasteiger partial charge is 0.475 e. The average Bonchev–Trinajstić information content (AvgIpc) is 3.51. The summed E-state index contributed by atoms with van der Waals surface area (Å²) in [6.45, 7) is 7.38. The van der Waals surface area contributed by atoms with Crippen LogP contribution >= 0.6 is 7.92 Å². The molecule has 33 heavy (non-hydrogen) atoms. The highest BCUT2D eigenvalue weighted by molar-refractivity contribution is 7.77. The molecule has 0 aromatic heterocycles. The Morgan fingerprint density at radius 2 is 1.52 bits per heavy atom. The van der Waals surface area contributed by atoms with Gasteiger partial charge in [0.1, 0.15) is 6.61 Å². The Kier molecular flexibility index (Phi) is 6.04. The first-order valence-corrected chi connectivity index (χ1v) is 13.0. The lowest BCUT2D eigenvalue weighted by Crippen LogP contribution is -2.25. The molecular formula is C30H30NOP. The van der Waals surface area contributed by atoms with Crippen LogP contribution in [0.1, 0.15) is 27.2 Å². The molecule has 0 spiro atoms. The van der Waals surface area contributed by atoms with Crippen LogP contribution in [0.25, 0.3) is 11.1 Å². The molecule has 2 nitrogen and oxygen atoms in total. The van der Waals surface area contributed by atoms with Crippen LogP contribution < -0.4 is 10.6 Å². The minimum atomic E-state index is -0.762. The first-order valence-electron chi connectivity index (χ1n) is 11.6. The van der Waals surface area contributed by atoms with Crippen molar-refractivity contribution < 1.29 is 4.74 Å². The van der Waals surface area contributed by atoms with E-state index in [1.54, 1.807) is 0 Å². The lowest BCUT2D eigenvalue weighted by atomic mass is 9.88. The molecule has 1 aliphatic heterocycles. The summed E-state index contributed by atoms with van der Waals surface area (Å²) in [6.07, 6.45) is 5.46. The zero-order chi connectivity index (χ0) is 22.8. The van der Waals surface area contributed by atoms with Crippen molar-refractivity contribution in [2.24, 2.45) is 10.4 Å². The number of ether oxygens (including phenoxy) is 1. The Bertz CT molecular complexity index is 1220. The third-order valence-electron chi connectivity index (χ3n) is 6.30. The number of hydrogen-bond acceptors (Lipinski definition) is 2. The maximum Gasteiger partial charge on any atom is 0.213 e. The van der Waals surface area contributed by atoms with E-state index in [4.69, 9.17) is 9.73 Å². The van der Waals surface area contributed by atoms with Crippen molar-refractivity contribution in [2.45, 2.75) is 33.2 Å². The molecule has 3 heteroatoms. The molecule has 1 heterocycles. The molecule has 3 aromatic carbocycles. The normalized spacial score (nSPS) is 18.9. The molecule has 0 saturated heterocycles. The second kappa shape index (κ2) is 9.12. The zero-order valence-electron chi connectivity index (χ0n) is 19.5. The van der Waals surface area contributed by atoms with Gasteiger partial charge in [-0.05, 0) is 46.8 Å². The van der Waals surface area contributed by atoms with E-state index in [0.717, 1.165) is 12.3 Å². The molecule has 1 unspecified atom stereocenters. The molecule has 5 rings (SSSR count). The molecule has 166 valence electrons. The minimum Gasteiger partial charge on any atom is -0.475 e. The summed E-state index contributed by atoms with van der Waals surface area (Å²) in [6, 6.07) is 30.7. The lowest BCUT2D eigenvalue weighted by molar-refractivity contribution is 0.235. The molecule has 0 bridgehead atoms. The van der Waals surface area contributed by atoms with E-state index < -0.39 is 7.92 Å². The predicted octanol–water partition coefficient (Wildman–Crippen LogP) is 6.84. The van der Waals surface area contributed by atoms with E-state index in [9.17, 15) is 0 Å².